The molecule has 0 fully saturated rings. The maximum absolute atomic E-state index is 13.3. The molecule has 0 radical (unpaired) electrons. The molecular weight excluding hydrogens is 228 g/mol. The van der Waals surface area contributed by atoms with Crippen molar-refractivity contribution in [2.24, 2.45) is 0 Å². The standard InChI is InChI=1S/C12H15F2NO2/c1-15(12(17)5-7-16)6-4-9-8-10(13)2-3-11(9)14/h2-3,8,16H,4-7H2,1H3. The van der Waals surface area contributed by atoms with E-state index in [1.807, 2.05) is 0 Å². The highest BCUT2D eigenvalue weighted by Gasteiger charge is 2.09. The van der Waals surface area contributed by atoms with Crippen molar-refractivity contribution >= 4 is 5.91 Å². The molecule has 1 N–H and O–H groups in total. The largest absolute Gasteiger partial charge is 0.396 e. The van der Waals surface area contributed by atoms with Crippen molar-refractivity contribution in [3.8, 4) is 0 Å². The number of amides is 1. The van der Waals surface area contributed by atoms with E-state index in [0.29, 0.717) is 6.54 Å². The third-order valence-corrected chi connectivity index (χ3v) is 2.48. The molecule has 0 saturated carbocycles. The number of rotatable bonds is 5. The summed E-state index contributed by atoms with van der Waals surface area (Å²) < 4.78 is 26.1. The predicted molar refractivity (Wildman–Crippen MR) is 59.4 cm³/mol. The van der Waals surface area contributed by atoms with Crippen LogP contribution in [0.25, 0.3) is 0 Å². The molecule has 0 atom stereocenters. The van der Waals surface area contributed by atoms with Gasteiger partial charge in [-0.05, 0) is 30.2 Å². The second-order valence-corrected chi connectivity index (χ2v) is 3.77. The van der Waals surface area contributed by atoms with Gasteiger partial charge in [0.1, 0.15) is 11.6 Å². The van der Waals surface area contributed by atoms with Gasteiger partial charge in [-0.1, -0.05) is 0 Å². The van der Waals surface area contributed by atoms with Gasteiger partial charge >= 0.3 is 0 Å². The Morgan fingerprint density at radius 2 is 2.12 bits per heavy atom. The minimum Gasteiger partial charge on any atom is -0.396 e. The number of hydrogen-bond donors (Lipinski definition) is 1. The highest BCUT2D eigenvalue weighted by atomic mass is 19.1. The SMILES string of the molecule is CN(CCc1cc(F)ccc1F)C(=O)CCO. The van der Waals surface area contributed by atoms with Crippen LogP contribution < -0.4 is 0 Å². The molecule has 94 valence electrons. The predicted octanol–water partition coefficient (Wildman–Crippen LogP) is 1.35. The van der Waals surface area contributed by atoms with Crippen LogP contribution in [-0.2, 0) is 11.2 Å². The second-order valence-electron chi connectivity index (χ2n) is 3.77. The monoisotopic (exact) mass is 243 g/mol. The van der Waals surface area contributed by atoms with E-state index in [-0.39, 0.29) is 30.9 Å². The van der Waals surface area contributed by atoms with Crippen molar-refractivity contribution in [2.75, 3.05) is 20.2 Å². The minimum absolute atomic E-state index is 0.0438. The van der Waals surface area contributed by atoms with Crippen molar-refractivity contribution in [2.45, 2.75) is 12.8 Å². The number of nitrogens with zero attached hydrogens (tertiary/aromatic N) is 1. The van der Waals surface area contributed by atoms with Crippen LogP contribution in [0.15, 0.2) is 18.2 Å². The average Bonchev–Trinajstić information content (AvgIpc) is 2.30. The third kappa shape index (κ3) is 4.11. The van der Waals surface area contributed by atoms with E-state index >= 15 is 0 Å². The van der Waals surface area contributed by atoms with Crippen molar-refractivity contribution in [1.82, 2.24) is 4.90 Å². The van der Waals surface area contributed by atoms with E-state index in [1.165, 1.54) is 4.90 Å². The van der Waals surface area contributed by atoms with Crippen LogP contribution in [0, 0.1) is 11.6 Å². The van der Waals surface area contributed by atoms with Gasteiger partial charge < -0.3 is 10.0 Å². The summed E-state index contributed by atoms with van der Waals surface area (Å²) in [5, 5.41) is 8.59. The first-order chi connectivity index (χ1) is 8.04. The summed E-state index contributed by atoms with van der Waals surface area (Å²) in [6, 6.07) is 3.25. The molecule has 5 heteroatoms. The molecule has 0 aliphatic rings. The van der Waals surface area contributed by atoms with Gasteiger partial charge in [-0.25, -0.2) is 8.78 Å². The fourth-order valence-corrected chi connectivity index (χ4v) is 1.43. The molecule has 1 aromatic rings. The number of aliphatic hydroxyl groups excluding tert-OH is 1. The lowest BCUT2D eigenvalue weighted by Crippen LogP contribution is -2.29. The molecule has 0 saturated heterocycles. The number of aliphatic hydroxyl groups is 1. The van der Waals surface area contributed by atoms with E-state index in [9.17, 15) is 13.6 Å². The summed E-state index contributed by atoms with van der Waals surface area (Å²) in [5.41, 5.74) is 0.244. The fourth-order valence-electron chi connectivity index (χ4n) is 1.43. The van der Waals surface area contributed by atoms with E-state index in [0.717, 1.165) is 18.2 Å². The quantitative estimate of drug-likeness (QED) is 0.848. The van der Waals surface area contributed by atoms with Crippen LogP contribution in [0.5, 0.6) is 0 Å². The topological polar surface area (TPSA) is 40.5 Å². The Kier molecular flexibility index (Phi) is 5.03. The molecule has 1 amide bonds. The lowest BCUT2D eigenvalue weighted by atomic mass is 10.1. The molecule has 17 heavy (non-hydrogen) atoms. The molecule has 0 spiro atoms. The fraction of sp³-hybridized carbons (Fsp3) is 0.417. The molecular formula is C12H15F2NO2. The molecule has 0 aliphatic carbocycles. The molecule has 3 nitrogen and oxygen atoms in total. The number of likely N-dealkylation sites (N-methyl/N-ethyl adjacent to an activating group) is 1. The Hall–Kier alpha value is -1.49. The van der Waals surface area contributed by atoms with Gasteiger partial charge in [0.15, 0.2) is 0 Å². The number of benzene rings is 1. The number of carbonyl (C=O) groups is 1. The number of halogens is 2. The van der Waals surface area contributed by atoms with Crippen molar-refractivity contribution in [1.29, 1.82) is 0 Å². The summed E-state index contributed by atoms with van der Waals surface area (Å²) in [6.45, 7) is 0.0801. The van der Waals surface area contributed by atoms with Crippen LogP contribution in [-0.4, -0.2) is 36.1 Å². The first-order valence-electron chi connectivity index (χ1n) is 5.33. The highest BCUT2D eigenvalue weighted by molar-refractivity contribution is 5.75. The molecule has 0 aromatic heterocycles. The third-order valence-electron chi connectivity index (χ3n) is 2.48. The maximum atomic E-state index is 13.3. The highest BCUT2D eigenvalue weighted by Crippen LogP contribution is 2.10. The smallest absolute Gasteiger partial charge is 0.224 e. The molecule has 0 unspecified atom stereocenters. The van der Waals surface area contributed by atoms with E-state index in [2.05, 4.69) is 0 Å². The first-order valence-corrected chi connectivity index (χ1v) is 5.33. The van der Waals surface area contributed by atoms with Gasteiger partial charge in [-0.15, -0.1) is 0 Å². The summed E-state index contributed by atoms with van der Waals surface area (Å²) in [6.07, 6.45) is 0.291. The average molecular weight is 243 g/mol. The Morgan fingerprint density at radius 3 is 2.76 bits per heavy atom. The molecule has 0 aliphatic heterocycles. The van der Waals surface area contributed by atoms with Gasteiger partial charge in [-0.2, -0.15) is 0 Å². The number of hydrogen-bond acceptors (Lipinski definition) is 2. The Labute approximate surface area is 98.7 Å². The van der Waals surface area contributed by atoms with Crippen LogP contribution in [0.2, 0.25) is 0 Å². The normalized spacial score (nSPS) is 10.4. The molecule has 0 heterocycles. The molecule has 1 aromatic carbocycles. The van der Waals surface area contributed by atoms with Gasteiger partial charge in [0.25, 0.3) is 0 Å². The van der Waals surface area contributed by atoms with Gasteiger partial charge in [-0.3, -0.25) is 4.79 Å². The van der Waals surface area contributed by atoms with E-state index in [4.69, 9.17) is 5.11 Å². The Balaban J connectivity index is 2.55. The lowest BCUT2D eigenvalue weighted by molar-refractivity contribution is -0.130. The summed E-state index contributed by atoms with van der Waals surface area (Å²) in [5.74, 6) is -1.19. The Bertz CT molecular complexity index is 396. The summed E-state index contributed by atoms with van der Waals surface area (Å²) in [7, 11) is 1.56. The van der Waals surface area contributed by atoms with E-state index in [1.54, 1.807) is 7.05 Å². The second kappa shape index (κ2) is 6.30. The van der Waals surface area contributed by atoms with Crippen molar-refractivity contribution in [3.63, 3.8) is 0 Å². The summed E-state index contributed by atoms with van der Waals surface area (Å²) in [4.78, 5) is 12.7. The number of carbonyl (C=O) groups excluding carboxylic acids is 1. The van der Waals surface area contributed by atoms with Crippen LogP contribution in [0.1, 0.15) is 12.0 Å². The minimum atomic E-state index is -0.495. The molecule has 0 bridgehead atoms. The zero-order valence-corrected chi connectivity index (χ0v) is 9.62. The van der Waals surface area contributed by atoms with Gasteiger partial charge in [0.2, 0.25) is 5.91 Å². The van der Waals surface area contributed by atoms with E-state index < -0.39 is 11.6 Å². The zero-order chi connectivity index (χ0) is 12.8. The first kappa shape index (κ1) is 13.6. The lowest BCUT2D eigenvalue weighted by Gasteiger charge is -2.16. The van der Waals surface area contributed by atoms with Gasteiger partial charge in [0, 0.05) is 20.0 Å². The summed E-state index contributed by atoms with van der Waals surface area (Å²) >= 11 is 0. The van der Waals surface area contributed by atoms with Crippen LogP contribution in [0.4, 0.5) is 8.78 Å². The van der Waals surface area contributed by atoms with Crippen LogP contribution in [0.3, 0.4) is 0 Å². The zero-order valence-electron chi connectivity index (χ0n) is 9.62. The van der Waals surface area contributed by atoms with Crippen LogP contribution >= 0.6 is 0 Å². The molecule has 1 rings (SSSR count). The Morgan fingerprint density at radius 1 is 1.41 bits per heavy atom. The van der Waals surface area contributed by atoms with Gasteiger partial charge in [0.05, 0.1) is 6.61 Å². The van der Waals surface area contributed by atoms with Crippen molar-refractivity contribution < 1.29 is 18.7 Å². The van der Waals surface area contributed by atoms with Crippen molar-refractivity contribution in [3.05, 3.63) is 35.4 Å². The maximum Gasteiger partial charge on any atom is 0.224 e.